The smallest absolute Gasteiger partial charge is 0.325 e. The van der Waals surface area contributed by atoms with Crippen LogP contribution >= 0.6 is 0 Å². The molecule has 0 aliphatic rings. The maximum Gasteiger partial charge on any atom is 0.325 e. The number of phenols is 1. The Morgan fingerprint density at radius 2 is 2.12 bits per heavy atom. The summed E-state index contributed by atoms with van der Waals surface area (Å²) in [6, 6.07) is 4.18. The normalized spacial score (nSPS) is 10.6. The second-order valence-corrected chi connectivity index (χ2v) is 3.47. The minimum atomic E-state index is -1.08. The van der Waals surface area contributed by atoms with Gasteiger partial charge in [0, 0.05) is 5.39 Å². The van der Waals surface area contributed by atoms with Gasteiger partial charge in [0.1, 0.15) is 12.3 Å². The van der Waals surface area contributed by atoms with Gasteiger partial charge in [-0.1, -0.05) is 0 Å². The molecule has 0 aliphatic heterocycles. The third-order valence-corrected chi connectivity index (χ3v) is 2.25. The maximum absolute atomic E-state index is 11.1. The number of aliphatic carboxylic acids is 1. The van der Waals surface area contributed by atoms with E-state index in [1.54, 1.807) is 0 Å². The minimum absolute atomic E-state index is 0.0464. The third kappa shape index (κ3) is 1.89. The summed E-state index contributed by atoms with van der Waals surface area (Å²) >= 11 is 0. The fraction of sp³-hybridized carbons (Fsp3) is 0.100. The highest BCUT2D eigenvalue weighted by Gasteiger charge is 2.16. The van der Waals surface area contributed by atoms with E-state index in [-0.39, 0.29) is 18.0 Å². The van der Waals surface area contributed by atoms with Crippen LogP contribution in [0.5, 0.6) is 5.75 Å². The number of hydrogen-bond acceptors (Lipinski definition) is 4. The number of nitrogens with two attached hydrogens (primary N) is 1. The first-order chi connectivity index (χ1) is 7.99. The van der Waals surface area contributed by atoms with Crippen molar-refractivity contribution in [2.45, 2.75) is 6.54 Å². The summed E-state index contributed by atoms with van der Waals surface area (Å²) in [5.74, 6) is -1.90. The number of phenolic OH excluding ortho intramolecular Hbond substituents is 1. The van der Waals surface area contributed by atoms with Crippen molar-refractivity contribution in [3.05, 3.63) is 23.9 Å². The van der Waals surface area contributed by atoms with E-state index in [9.17, 15) is 14.7 Å². The Hall–Kier alpha value is -2.57. The van der Waals surface area contributed by atoms with Crippen molar-refractivity contribution in [1.82, 2.24) is 9.78 Å². The van der Waals surface area contributed by atoms with Crippen LogP contribution in [0, 0.1) is 0 Å². The average Bonchev–Trinajstić information content (AvgIpc) is 2.55. The van der Waals surface area contributed by atoms with Crippen LogP contribution < -0.4 is 5.73 Å². The van der Waals surface area contributed by atoms with E-state index in [0.717, 1.165) is 4.68 Å². The molecule has 88 valence electrons. The Morgan fingerprint density at radius 1 is 1.41 bits per heavy atom. The molecule has 0 bridgehead atoms. The van der Waals surface area contributed by atoms with Gasteiger partial charge in [-0.15, -0.1) is 0 Å². The lowest BCUT2D eigenvalue weighted by atomic mass is 10.2. The molecule has 0 fully saturated rings. The molecule has 4 N–H and O–H groups in total. The monoisotopic (exact) mass is 235 g/mol. The van der Waals surface area contributed by atoms with Gasteiger partial charge in [-0.2, -0.15) is 5.10 Å². The number of benzene rings is 1. The van der Waals surface area contributed by atoms with Crippen LogP contribution in [0.15, 0.2) is 18.2 Å². The van der Waals surface area contributed by atoms with Gasteiger partial charge in [-0.05, 0) is 18.2 Å². The summed E-state index contributed by atoms with van der Waals surface area (Å²) in [7, 11) is 0. The summed E-state index contributed by atoms with van der Waals surface area (Å²) in [6.07, 6.45) is 0. The summed E-state index contributed by atoms with van der Waals surface area (Å²) in [5.41, 5.74) is 5.50. The topological polar surface area (TPSA) is 118 Å². The molecule has 7 nitrogen and oxygen atoms in total. The SMILES string of the molecule is NC(=O)c1nn(CC(=O)O)c2ccc(O)cc12. The predicted octanol–water partition coefficient (Wildman–Crippen LogP) is -0.0746. The fourth-order valence-corrected chi connectivity index (χ4v) is 1.60. The number of fused-ring (bicyclic) bond motifs is 1. The maximum atomic E-state index is 11.1. The van der Waals surface area contributed by atoms with Crippen LogP contribution in [0.4, 0.5) is 0 Å². The van der Waals surface area contributed by atoms with E-state index in [1.165, 1.54) is 18.2 Å². The molecule has 0 radical (unpaired) electrons. The zero-order valence-corrected chi connectivity index (χ0v) is 8.62. The van der Waals surface area contributed by atoms with Crippen molar-refractivity contribution in [2.75, 3.05) is 0 Å². The summed E-state index contributed by atoms with van der Waals surface area (Å²) in [4.78, 5) is 21.8. The van der Waals surface area contributed by atoms with E-state index >= 15 is 0 Å². The first-order valence-electron chi connectivity index (χ1n) is 4.70. The van der Waals surface area contributed by atoms with Crippen LogP contribution in [0.25, 0.3) is 10.9 Å². The van der Waals surface area contributed by atoms with Gasteiger partial charge in [0.15, 0.2) is 5.69 Å². The largest absolute Gasteiger partial charge is 0.508 e. The fourth-order valence-electron chi connectivity index (χ4n) is 1.60. The Bertz CT molecular complexity index is 617. The molecule has 1 amide bonds. The number of carbonyl (C=O) groups is 2. The first-order valence-corrected chi connectivity index (χ1v) is 4.70. The van der Waals surface area contributed by atoms with Crippen molar-refractivity contribution in [3.8, 4) is 5.75 Å². The Kier molecular flexibility index (Phi) is 2.43. The number of hydrogen-bond donors (Lipinski definition) is 3. The van der Waals surface area contributed by atoms with E-state index in [2.05, 4.69) is 5.10 Å². The minimum Gasteiger partial charge on any atom is -0.508 e. The molecule has 1 aromatic carbocycles. The molecule has 0 atom stereocenters. The Balaban J connectivity index is 2.70. The zero-order valence-electron chi connectivity index (χ0n) is 8.62. The van der Waals surface area contributed by atoms with E-state index in [4.69, 9.17) is 10.8 Å². The molecule has 1 aromatic heterocycles. The molecule has 2 aromatic rings. The van der Waals surface area contributed by atoms with Crippen LogP contribution in [0.3, 0.4) is 0 Å². The number of carboxylic acid groups (broad SMARTS) is 1. The number of carbonyl (C=O) groups excluding carboxylic acids is 1. The molecule has 0 saturated carbocycles. The van der Waals surface area contributed by atoms with Crippen molar-refractivity contribution < 1.29 is 19.8 Å². The lowest BCUT2D eigenvalue weighted by Crippen LogP contribution is -2.14. The third-order valence-electron chi connectivity index (χ3n) is 2.25. The van der Waals surface area contributed by atoms with E-state index in [1.807, 2.05) is 0 Å². The predicted molar refractivity (Wildman–Crippen MR) is 57.6 cm³/mol. The van der Waals surface area contributed by atoms with Gasteiger partial charge in [0.05, 0.1) is 5.52 Å². The number of aromatic hydroxyl groups is 1. The molecule has 17 heavy (non-hydrogen) atoms. The molecule has 0 unspecified atom stereocenters. The van der Waals surface area contributed by atoms with Crippen LogP contribution in [-0.4, -0.2) is 31.9 Å². The lowest BCUT2D eigenvalue weighted by molar-refractivity contribution is -0.137. The van der Waals surface area contributed by atoms with Gasteiger partial charge >= 0.3 is 5.97 Å². The highest BCUT2D eigenvalue weighted by Crippen LogP contribution is 2.23. The quantitative estimate of drug-likeness (QED) is 0.687. The zero-order chi connectivity index (χ0) is 12.6. The van der Waals surface area contributed by atoms with Crippen LogP contribution in [-0.2, 0) is 11.3 Å². The molecule has 1 heterocycles. The summed E-state index contributed by atoms with van der Waals surface area (Å²) < 4.78 is 1.15. The number of primary amides is 1. The molecule has 0 saturated heterocycles. The number of rotatable bonds is 3. The second kappa shape index (κ2) is 3.78. The molecular formula is C10H9N3O4. The van der Waals surface area contributed by atoms with Crippen molar-refractivity contribution in [1.29, 1.82) is 0 Å². The molecule has 0 spiro atoms. The number of carboxylic acids is 1. The second-order valence-electron chi connectivity index (χ2n) is 3.47. The first kappa shape index (κ1) is 10.9. The van der Waals surface area contributed by atoms with Gasteiger partial charge in [-0.3, -0.25) is 14.3 Å². The number of nitrogens with zero attached hydrogens (tertiary/aromatic N) is 2. The van der Waals surface area contributed by atoms with Crippen LogP contribution in [0.2, 0.25) is 0 Å². The van der Waals surface area contributed by atoms with E-state index in [0.29, 0.717) is 10.9 Å². The van der Waals surface area contributed by atoms with Gasteiger partial charge in [0.25, 0.3) is 5.91 Å². The van der Waals surface area contributed by atoms with E-state index < -0.39 is 11.9 Å². The number of amides is 1. The standard InChI is InChI=1S/C10H9N3O4/c11-10(17)9-6-3-5(14)1-2-7(6)13(12-9)4-8(15)16/h1-3,14H,4H2,(H2,11,17)(H,15,16). The molecular weight excluding hydrogens is 226 g/mol. The van der Waals surface area contributed by atoms with Crippen molar-refractivity contribution in [3.63, 3.8) is 0 Å². The number of aromatic nitrogens is 2. The van der Waals surface area contributed by atoms with Crippen molar-refractivity contribution >= 4 is 22.8 Å². The van der Waals surface area contributed by atoms with Crippen molar-refractivity contribution in [2.24, 2.45) is 5.73 Å². The molecule has 2 rings (SSSR count). The Labute approximate surface area is 95.1 Å². The lowest BCUT2D eigenvalue weighted by Gasteiger charge is -1.98. The highest BCUT2D eigenvalue weighted by molar-refractivity contribution is 6.04. The van der Waals surface area contributed by atoms with Crippen LogP contribution in [0.1, 0.15) is 10.5 Å². The van der Waals surface area contributed by atoms with Gasteiger partial charge in [0.2, 0.25) is 0 Å². The molecule has 7 heteroatoms. The molecule has 0 aliphatic carbocycles. The summed E-state index contributed by atoms with van der Waals surface area (Å²) in [6.45, 7) is -0.380. The Morgan fingerprint density at radius 3 is 2.71 bits per heavy atom. The average molecular weight is 235 g/mol. The summed E-state index contributed by atoms with van der Waals surface area (Å²) in [5, 5.41) is 22.2. The highest BCUT2D eigenvalue weighted by atomic mass is 16.4. The van der Waals surface area contributed by atoms with Gasteiger partial charge < -0.3 is 15.9 Å². The van der Waals surface area contributed by atoms with Gasteiger partial charge in [-0.25, -0.2) is 0 Å².